The van der Waals surface area contributed by atoms with Crippen LogP contribution in [0.25, 0.3) is 0 Å². The van der Waals surface area contributed by atoms with Gasteiger partial charge in [0.15, 0.2) is 0 Å². The molecule has 2 aromatic rings. The summed E-state index contributed by atoms with van der Waals surface area (Å²) in [7, 11) is 0. The SMILES string of the molecule is Cc1cccc(C(C)(C=O)Cc2ccccc2F)c1. The molecule has 19 heavy (non-hydrogen) atoms. The van der Waals surface area contributed by atoms with Crippen molar-refractivity contribution in [2.45, 2.75) is 25.7 Å². The summed E-state index contributed by atoms with van der Waals surface area (Å²) in [6.07, 6.45) is 1.28. The van der Waals surface area contributed by atoms with E-state index in [1.807, 2.05) is 38.1 Å². The molecule has 1 nitrogen and oxygen atoms in total. The van der Waals surface area contributed by atoms with Crippen molar-refractivity contribution in [1.82, 2.24) is 0 Å². The Bertz CT molecular complexity index is 591. The van der Waals surface area contributed by atoms with Crippen molar-refractivity contribution in [3.8, 4) is 0 Å². The first-order chi connectivity index (χ1) is 9.05. The van der Waals surface area contributed by atoms with E-state index in [2.05, 4.69) is 0 Å². The summed E-state index contributed by atoms with van der Waals surface area (Å²) in [5.41, 5.74) is 1.89. The van der Waals surface area contributed by atoms with E-state index < -0.39 is 5.41 Å². The lowest BCUT2D eigenvalue weighted by atomic mass is 9.78. The molecule has 2 rings (SSSR count). The van der Waals surface area contributed by atoms with Crippen molar-refractivity contribution in [2.75, 3.05) is 0 Å². The van der Waals surface area contributed by atoms with Crippen LogP contribution in [0.3, 0.4) is 0 Å². The fraction of sp³-hybridized carbons (Fsp3) is 0.235. The van der Waals surface area contributed by atoms with Crippen molar-refractivity contribution < 1.29 is 9.18 Å². The Morgan fingerprint density at radius 2 is 1.89 bits per heavy atom. The molecule has 0 aliphatic rings. The number of aryl methyl sites for hydroxylation is 1. The van der Waals surface area contributed by atoms with Crippen LogP contribution in [-0.4, -0.2) is 6.29 Å². The van der Waals surface area contributed by atoms with E-state index >= 15 is 0 Å². The number of rotatable bonds is 4. The van der Waals surface area contributed by atoms with Gasteiger partial charge in [-0.25, -0.2) is 4.39 Å². The molecule has 0 heterocycles. The largest absolute Gasteiger partial charge is 0.302 e. The Labute approximate surface area is 113 Å². The number of halogens is 1. The van der Waals surface area contributed by atoms with E-state index in [9.17, 15) is 9.18 Å². The van der Waals surface area contributed by atoms with E-state index in [-0.39, 0.29) is 5.82 Å². The summed E-state index contributed by atoms with van der Waals surface area (Å²) >= 11 is 0. The van der Waals surface area contributed by atoms with Gasteiger partial charge in [0, 0.05) is 0 Å². The van der Waals surface area contributed by atoms with Crippen LogP contribution in [0.4, 0.5) is 4.39 Å². The Morgan fingerprint density at radius 1 is 1.16 bits per heavy atom. The van der Waals surface area contributed by atoms with Gasteiger partial charge in [0.05, 0.1) is 5.41 Å². The molecule has 98 valence electrons. The second-order valence-corrected chi connectivity index (χ2v) is 5.17. The zero-order valence-corrected chi connectivity index (χ0v) is 11.2. The van der Waals surface area contributed by atoms with Gasteiger partial charge in [-0.05, 0) is 37.5 Å². The molecular formula is C17H17FO. The first-order valence-electron chi connectivity index (χ1n) is 6.32. The highest BCUT2D eigenvalue weighted by Crippen LogP contribution is 2.27. The Hall–Kier alpha value is -1.96. The van der Waals surface area contributed by atoms with Crippen LogP contribution in [-0.2, 0) is 16.6 Å². The maximum absolute atomic E-state index is 13.7. The Kier molecular flexibility index (Phi) is 3.79. The molecule has 0 aliphatic heterocycles. The maximum Gasteiger partial charge on any atom is 0.130 e. The summed E-state index contributed by atoms with van der Waals surface area (Å²) in [5.74, 6) is -0.261. The van der Waals surface area contributed by atoms with Gasteiger partial charge < -0.3 is 4.79 Å². The number of carbonyl (C=O) groups excluding carboxylic acids is 1. The molecule has 0 aromatic heterocycles. The molecule has 2 heteroatoms. The molecular weight excluding hydrogens is 239 g/mol. The van der Waals surface area contributed by atoms with Crippen LogP contribution in [0, 0.1) is 12.7 Å². The quantitative estimate of drug-likeness (QED) is 0.760. The minimum absolute atomic E-state index is 0.261. The predicted molar refractivity (Wildman–Crippen MR) is 74.7 cm³/mol. The number of hydrogen-bond acceptors (Lipinski definition) is 1. The van der Waals surface area contributed by atoms with Gasteiger partial charge in [0.2, 0.25) is 0 Å². The maximum atomic E-state index is 13.7. The van der Waals surface area contributed by atoms with Gasteiger partial charge in [0.25, 0.3) is 0 Å². The van der Waals surface area contributed by atoms with Crippen LogP contribution in [0.1, 0.15) is 23.6 Å². The topological polar surface area (TPSA) is 17.1 Å². The standard InChI is InChI=1S/C17H17FO/c1-13-6-5-8-15(10-13)17(2,12-19)11-14-7-3-4-9-16(14)18/h3-10,12H,11H2,1-2H3. The van der Waals surface area contributed by atoms with Gasteiger partial charge in [-0.1, -0.05) is 48.0 Å². The first kappa shape index (κ1) is 13.5. The van der Waals surface area contributed by atoms with E-state index in [0.29, 0.717) is 12.0 Å². The highest BCUT2D eigenvalue weighted by atomic mass is 19.1. The van der Waals surface area contributed by atoms with Crippen LogP contribution < -0.4 is 0 Å². The van der Waals surface area contributed by atoms with Crippen molar-refractivity contribution >= 4 is 6.29 Å². The molecule has 0 spiro atoms. The fourth-order valence-electron chi connectivity index (χ4n) is 2.25. The summed E-state index contributed by atoms with van der Waals surface area (Å²) in [4.78, 5) is 11.5. The number of hydrogen-bond donors (Lipinski definition) is 0. The minimum atomic E-state index is -0.700. The molecule has 0 bridgehead atoms. The van der Waals surface area contributed by atoms with E-state index in [4.69, 9.17) is 0 Å². The second-order valence-electron chi connectivity index (χ2n) is 5.17. The average molecular weight is 256 g/mol. The first-order valence-corrected chi connectivity index (χ1v) is 6.32. The number of aldehydes is 1. The number of benzene rings is 2. The van der Waals surface area contributed by atoms with Gasteiger partial charge in [-0.15, -0.1) is 0 Å². The predicted octanol–water partition coefficient (Wildman–Crippen LogP) is 3.83. The van der Waals surface area contributed by atoms with Crippen molar-refractivity contribution in [1.29, 1.82) is 0 Å². The molecule has 0 aliphatic carbocycles. The van der Waals surface area contributed by atoms with Crippen LogP contribution in [0.5, 0.6) is 0 Å². The van der Waals surface area contributed by atoms with E-state index in [1.165, 1.54) is 6.07 Å². The molecule has 0 radical (unpaired) electrons. The number of carbonyl (C=O) groups is 1. The highest BCUT2D eigenvalue weighted by Gasteiger charge is 2.27. The summed E-state index contributed by atoms with van der Waals surface area (Å²) in [6, 6.07) is 14.4. The lowest BCUT2D eigenvalue weighted by Gasteiger charge is -2.24. The smallest absolute Gasteiger partial charge is 0.130 e. The Balaban J connectivity index is 2.39. The van der Waals surface area contributed by atoms with Crippen molar-refractivity contribution in [2.24, 2.45) is 0 Å². The third-order valence-corrected chi connectivity index (χ3v) is 3.45. The van der Waals surface area contributed by atoms with Crippen LogP contribution in [0.15, 0.2) is 48.5 Å². The molecule has 0 N–H and O–H groups in total. The average Bonchev–Trinajstić information content (AvgIpc) is 2.41. The molecule has 0 saturated carbocycles. The molecule has 0 fully saturated rings. The minimum Gasteiger partial charge on any atom is -0.302 e. The molecule has 2 aromatic carbocycles. The normalized spacial score (nSPS) is 13.8. The molecule has 0 amide bonds. The summed E-state index contributed by atoms with van der Waals surface area (Å²) in [5, 5.41) is 0. The van der Waals surface area contributed by atoms with E-state index in [0.717, 1.165) is 17.4 Å². The fourth-order valence-corrected chi connectivity index (χ4v) is 2.25. The third kappa shape index (κ3) is 2.90. The van der Waals surface area contributed by atoms with Crippen LogP contribution in [0.2, 0.25) is 0 Å². The molecule has 1 unspecified atom stereocenters. The Morgan fingerprint density at radius 3 is 2.53 bits per heavy atom. The monoisotopic (exact) mass is 256 g/mol. The second kappa shape index (κ2) is 5.35. The summed E-state index contributed by atoms with van der Waals surface area (Å²) in [6.45, 7) is 3.83. The van der Waals surface area contributed by atoms with Crippen molar-refractivity contribution in [3.63, 3.8) is 0 Å². The lowest BCUT2D eigenvalue weighted by molar-refractivity contribution is -0.112. The zero-order chi connectivity index (χ0) is 13.9. The third-order valence-electron chi connectivity index (χ3n) is 3.45. The van der Waals surface area contributed by atoms with Gasteiger partial charge >= 0.3 is 0 Å². The van der Waals surface area contributed by atoms with Crippen LogP contribution >= 0.6 is 0 Å². The summed E-state index contributed by atoms with van der Waals surface area (Å²) < 4.78 is 13.7. The highest BCUT2D eigenvalue weighted by molar-refractivity contribution is 5.69. The van der Waals surface area contributed by atoms with E-state index in [1.54, 1.807) is 18.2 Å². The van der Waals surface area contributed by atoms with Gasteiger partial charge in [-0.2, -0.15) is 0 Å². The lowest BCUT2D eigenvalue weighted by Crippen LogP contribution is -2.27. The molecule has 0 saturated heterocycles. The van der Waals surface area contributed by atoms with Gasteiger partial charge in [0.1, 0.15) is 12.1 Å². The zero-order valence-electron chi connectivity index (χ0n) is 11.2. The van der Waals surface area contributed by atoms with Crippen molar-refractivity contribution in [3.05, 3.63) is 71.0 Å². The molecule has 1 atom stereocenters. The van der Waals surface area contributed by atoms with Gasteiger partial charge in [-0.3, -0.25) is 0 Å².